The maximum absolute atomic E-state index is 4.51. The Morgan fingerprint density at radius 1 is 0.758 bits per heavy atom. The van der Waals surface area contributed by atoms with Gasteiger partial charge in [0, 0.05) is 40.9 Å². The summed E-state index contributed by atoms with van der Waals surface area (Å²) in [5.74, 6) is 0. The Hall–Kier alpha value is -3.98. The van der Waals surface area contributed by atoms with Crippen molar-refractivity contribution in [1.82, 2.24) is 9.55 Å². The monoisotopic (exact) mass is 428 g/mol. The van der Waals surface area contributed by atoms with Crippen LogP contribution in [0.3, 0.4) is 0 Å². The molecule has 6 rings (SSSR count). The van der Waals surface area contributed by atoms with Crippen molar-refractivity contribution in [3.63, 3.8) is 0 Å². The first kappa shape index (κ1) is 19.7. The molecule has 0 amide bonds. The third-order valence-electron chi connectivity index (χ3n) is 6.98. The Labute approximate surface area is 193 Å². The molecule has 0 unspecified atom stereocenters. The normalized spacial score (nSPS) is 11.6. The zero-order valence-electron chi connectivity index (χ0n) is 19.4. The van der Waals surface area contributed by atoms with Gasteiger partial charge in [-0.3, -0.25) is 4.98 Å². The van der Waals surface area contributed by atoms with Crippen molar-refractivity contribution in [3.8, 4) is 16.9 Å². The topological polar surface area (TPSA) is 21.7 Å². The Morgan fingerprint density at radius 2 is 1.42 bits per heavy atom. The minimum atomic E-state index is 1.14. The van der Waals surface area contributed by atoms with Crippen LogP contribution in [-0.4, -0.2) is 9.55 Å². The molecule has 0 saturated carbocycles. The van der Waals surface area contributed by atoms with Crippen molar-refractivity contribution in [2.75, 3.05) is 0 Å². The van der Waals surface area contributed by atoms with Gasteiger partial charge in [0.25, 0.3) is 0 Å². The highest BCUT2D eigenvalue weighted by Crippen LogP contribution is 2.36. The van der Waals surface area contributed by atoms with Gasteiger partial charge in [0.1, 0.15) is 7.05 Å². The van der Waals surface area contributed by atoms with Crippen molar-refractivity contribution in [2.45, 2.75) is 20.8 Å². The van der Waals surface area contributed by atoms with Gasteiger partial charge in [-0.05, 0) is 50.1 Å². The maximum atomic E-state index is 4.51. The standard InChI is InChI=1S/C30H26N3/c1-19-15-20(2)21(3)24(16-19)29-17-30(25-18-31-14-13-26(25)32(29)4)33-27-11-7-5-9-22(27)23-10-6-8-12-28(23)33/h5-18H,1-4H3/q+1. The molecule has 6 aromatic rings. The molecule has 0 spiro atoms. The lowest BCUT2D eigenvalue weighted by Crippen LogP contribution is -2.33. The van der Waals surface area contributed by atoms with Gasteiger partial charge in [-0.25, -0.2) is 0 Å². The molecular weight excluding hydrogens is 402 g/mol. The molecule has 0 fully saturated rings. The van der Waals surface area contributed by atoms with E-state index in [1.54, 1.807) is 0 Å². The Bertz CT molecular complexity index is 1650. The van der Waals surface area contributed by atoms with E-state index in [0.29, 0.717) is 0 Å². The van der Waals surface area contributed by atoms with Crippen LogP contribution in [0.25, 0.3) is 49.7 Å². The van der Waals surface area contributed by atoms with Gasteiger partial charge in [0.05, 0.1) is 22.1 Å². The molecule has 3 aromatic carbocycles. The van der Waals surface area contributed by atoms with E-state index in [1.807, 2.05) is 12.4 Å². The minimum absolute atomic E-state index is 1.14. The van der Waals surface area contributed by atoms with Crippen molar-refractivity contribution in [1.29, 1.82) is 0 Å². The fraction of sp³-hybridized carbons (Fsp3) is 0.133. The fourth-order valence-electron chi connectivity index (χ4n) is 5.24. The number of rotatable bonds is 2. The second-order valence-corrected chi connectivity index (χ2v) is 8.99. The summed E-state index contributed by atoms with van der Waals surface area (Å²) in [4.78, 5) is 4.51. The van der Waals surface area contributed by atoms with E-state index in [9.17, 15) is 0 Å². The third kappa shape index (κ3) is 2.89. The third-order valence-corrected chi connectivity index (χ3v) is 6.98. The molecule has 0 radical (unpaired) electrons. The number of pyridine rings is 2. The Balaban J connectivity index is 1.80. The van der Waals surface area contributed by atoms with Crippen LogP contribution >= 0.6 is 0 Å². The zero-order chi connectivity index (χ0) is 22.7. The largest absolute Gasteiger partial charge is 0.308 e. The highest BCUT2D eigenvalue weighted by molar-refractivity contribution is 6.10. The predicted molar refractivity (Wildman–Crippen MR) is 137 cm³/mol. The van der Waals surface area contributed by atoms with E-state index in [2.05, 4.69) is 115 Å². The number of fused-ring (bicyclic) bond motifs is 4. The van der Waals surface area contributed by atoms with Crippen molar-refractivity contribution in [3.05, 3.63) is 102 Å². The lowest BCUT2D eigenvalue weighted by molar-refractivity contribution is -0.633. The first-order valence-electron chi connectivity index (χ1n) is 11.4. The quantitative estimate of drug-likeness (QED) is 0.280. The lowest BCUT2D eigenvalue weighted by Gasteiger charge is -2.15. The molecule has 0 atom stereocenters. The molecule has 0 aliphatic carbocycles. The molecule has 0 N–H and O–H groups in total. The molecule has 0 aliphatic rings. The predicted octanol–water partition coefficient (Wildman–Crippen LogP) is 6.75. The fourth-order valence-corrected chi connectivity index (χ4v) is 5.24. The molecule has 33 heavy (non-hydrogen) atoms. The maximum Gasteiger partial charge on any atom is 0.218 e. The number of nitrogens with zero attached hydrogens (tertiary/aromatic N) is 3. The zero-order valence-corrected chi connectivity index (χ0v) is 19.4. The van der Waals surface area contributed by atoms with E-state index >= 15 is 0 Å². The van der Waals surface area contributed by atoms with Crippen LogP contribution in [0.2, 0.25) is 0 Å². The minimum Gasteiger partial charge on any atom is -0.308 e. The van der Waals surface area contributed by atoms with E-state index in [-0.39, 0.29) is 0 Å². The van der Waals surface area contributed by atoms with Crippen LogP contribution in [0.1, 0.15) is 16.7 Å². The van der Waals surface area contributed by atoms with Crippen LogP contribution in [0.5, 0.6) is 0 Å². The summed E-state index contributed by atoms with van der Waals surface area (Å²) >= 11 is 0. The van der Waals surface area contributed by atoms with Crippen LogP contribution in [0.15, 0.2) is 85.2 Å². The molecule has 3 nitrogen and oxygen atoms in total. The summed E-state index contributed by atoms with van der Waals surface area (Å²) in [6.07, 6.45) is 3.88. The van der Waals surface area contributed by atoms with Gasteiger partial charge >= 0.3 is 0 Å². The molecule has 3 aromatic heterocycles. The molecule has 160 valence electrons. The van der Waals surface area contributed by atoms with E-state index in [0.717, 1.165) is 16.6 Å². The smallest absolute Gasteiger partial charge is 0.218 e. The van der Waals surface area contributed by atoms with Gasteiger partial charge < -0.3 is 4.57 Å². The Kier molecular flexibility index (Phi) is 4.34. The highest BCUT2D eigenvalue weighted by atomic mass is 15.0. The summed E-state index contributed by atoms with van der Waals surface area (Å²) < 4.78 is 4.70. The van der Waals surface area contributed by atoms with Gasteiger partial charge in [-0.1, -0.05) is 48.0 Å². The average Bonchev–Trinajstić information content (AvgIpc) is 3.17. The number of benzene rings is 3. The van der Waals surface area contributed by atoms with E-state index in [1.165, 1.54) is 49.8 Å². The van der Waals surface area contributed by atoms with E-state index in [4.69, 9.17) is 0 Å². The number of para-hydroxylation sites is 2. The van der Waals surface area contributed by atoms with Crippen LogP contribution in [0.4, 0.5) is 0 Å². The summed E-state index contributed by atoms with van der Waals surface area (Å²) in [7, 11) is 2.16. The van der Waals surface area contributed by atoms with Crippen molar-refractivity contribution < 1.29 is 4.57 Å². The molecule has 0 aliphatic heterocycles. The lowest BCUT2D eigenvalue weighted by atomic mass is 9.96. The van der Waals surface area contributed by atoms with Crippen LogP contribution in [-0.2, 0) is 7.05 Å². The van der Waals surface area contributed by atoms with Gasteiger partial charge in [-0.15, -0.1) is 0 Å². The molecule has 0 bridgehead atoms. The Morgan fingerprint density at radius 3 is 2.12 bits per heavy atom. The highest BCUT2D eigenvalue weighted by Gasteiger charge is 2.23. The number of hydrogen-bond donors (Lipinski definition) is 0. The summed E-state index contributed by atoms with van der Waals surface area (Å²) in [6.45, 7) is 6.60. The van der Waals surface area contributed by atoms with Crippen molar-refractivity contribution in [2.24, 2.45) is 7.05 Å². The molecule has 3 heteroatoms. The molecular formula is C30H26N3+. The summed E-state index contributed by atoms with van der Waals surface area (Å²) in [5.41, 5.74) is 11.1. The number of aromatic nitrogens is 3. The van der Waals surface area contributed by atoms with Crippen LogP contribution < -0.4 is 4.57 Å². The summed E-state index contributed by atoms with van der Waals surface area (Å²) in [6, 6.07) is 26.4. The molecule has 0 saturated heterocycles. The summed E-state index contributed by atoms with van der Waals surface area (Å²) in [5, 5.41) is 3.67. The van der Waals surface area contributed by atoms with Gasteiger partial charge in [-0.2, -0.15) is 4.57 Å². The number of aryl methyl sites for hydroxylation is 3. The molecule has 3 heterocycles. The van der Waals surface area contributed by atoms with Gasteiger partial charge in [0.15, 0.2) is 0 Å². The van der Waals surface area contributed by atoms with Crippen molar-refractivity contribution >= 4 is 32.7 Å². The van der Waals surface area contributed by atoms with Gasteiger partial charge in [0.2, 0.25) is 11.2 Å². The number of hydrogen-bond acceptors (Lipinski definition) is 1. The van der Waals surface area contributed by atoms with Crippen LogP contribution in [0, 0.1) is 20.8 Å². The first-order chi connectivity index (χ1) is 16.0. The second kappa shape index (κ2) is 7.28. The second-order valence-electron chi connectivity index (χ2n) is 8.99. The van der Waals surface area contributed by atoms with E-state index < -0.39 is 0 Å². The average molecular weight is 429 g/mol. The SMILES string of the molecule is Cc1cc(C)c(C)c(-c2cc(-n3c4ccccc4c4ccccc43)c3cnccc3[n+]2C)c1. The first-order valence-corrected chi connectivity index (χ1v) is 11.4.